The molecule has 0 saturated heterocycles. The zero-order valence-corrected chi connectivity index (χ0v) is 12.2. The zero-order chi connectivity index (χ0) is 13.9. The first-order chi connectivity index (χ1) is 9.70. The second kappa shape index (κ2) is 5.79. The number of aromatic nitrogens is 2. The van der Waals surface area contributed by atoms with Gasteiger partial charge in [0, 0.05) is 10.8 Å². The maximum absolute atomic E-state index is 11.7. The summed E-state index contributed by atoms with van der Waals surface area (Å²) in [7, 11) is 0. The highest BCUT2D eigenvalue weighted by Crippen LogP contribution is 2.30. The van der Waals surface area contributed by atoms with Crippen LogP contribution < -0.4 is 0 Å². The Bertz CT molecular complexity index is 603. The van der Waals surface area contributed by atoms with Crippen LogP contribution in [0.3, 0.4) is 0 Å². The molecule has 3 rings (SSSR count). The van der Waals surface area contributed by atoms with Gasteiger partial charge in [-0.3, -0.25) is 4.79 Å². The smallest absolute Gasteiger partial charge is 0.234 e. The fraction of sp³-hybridized carbons (Fsp3) is 0.400. The quantitative estimate of drug-likeness (QED) is 0.764. The number of Topliss-reactive ketones (excluding diaryl/α,β-unsaturated/α-hetero) is 1. The molecule has 1 saturated carbocycles. The molecule has 0 N–H and O–H groups in total. The third-order valence-electron chi connectivity index (χ3n) is 3.26. The molecule has 0 aliphatic heterocycles. The van der Waals surface area contributed by atoms with E-state index in [1.54, 1.807) is 11.8 Å². The molecule has 0 unspecified atom stereocenters. The van der Waals surface area contributed by atoms with Crippen molar-refractivity contribution in [3.05, 3.63) is 41.5 Å². The lowest BCUT2D eigenvalue weighted by Gasteiger charge is -1.98. The Balaban J connectivity index is 1.54. The Kier molecular flexibility index (Phi) is 3.87. The maximum atomic E-state index is 11.7. The van der Waals surface area contributed by atoms with E-state index < -0.39 is 0 Å². The minimum absolute atomic E-state index is 0.228. The van der Waals surface area contributed by atoms with Crippen molar-refractivity contribution in [2.75, 3.05) is 0 Å². The average Bonchev–Trinajstić information content (AvgIpc) is 3.20. The van der Waals surface area contributed by atoms with E-state index in [1.165, 1.54) is 10.5 Å². The normalized spacial score (nSPS) is 14.4. The van der Waals surface area contributed by atoms with Crippen LogP contribution in [-0.2, 0) is 17.0 Å². The minimum Gasteiger partial charge on any atom is -0.339 e. The second-order valence-electron chi connectivity index (χ2n) is 5.12. The minimum atomic E-state index is 0.228. The van der Waals surface area contributed by atoms with Crippen molar-refractivity contribution in [3.63, 3.8) is 0 Å². The van der Waals surface area contributed by atoms with E-state index in [1.807, 2.05) is 0 Å². The molecule has 4 nitrogen and oxygen atoms in total. The molecule has 104 valence electrons. The van der Waals surface area contributed by atoms with Crippen LogP contribution in [0, 0.1) is 12.8 Å². The summed E-state index contributed by atoms with van der Waals surface area (Å²) >= 11 is 1.66. The molecule has 1 aromatic heterocycles. The van der Waals surface area contributed by atoms with Crippen LogP contribution in [0.4, 0.5) is 0 Å². The van der Waals surface area contributed by atoms with Gasteiger partial charge >= 0.3 is 0 Å². The number of benzene rings is 1. The van der Waals surface area contributed by atoms with Crippen LogP contribution in [0.1, 0.15) is 30.1 Å². The molecular formula is C15H16N2O2S. The molecular weight excluding hydrogens is 272 g/mol. The topological polar surface area (TPSA) is 56.0 Å². The van der Waals surface area contributed by atoms with E-state index in [4.69, 9.17) is 4.52 Å². The van der Waals surface area contributed by atoms with Crippen LogP contribution in [-0.4, -0.2) is 15.9 Å². The number of nitrogens with zero attached hydrogens (tertiary/aromatic N) is 2. The first kappa shape index (κ1) is 13.4. The van der Waals surface area contributed by atoms with Crippen LogP contribution in [0.15, 0.2) is 33.7 Å². The lowest BCUT2D eigenvalue weighted by atomic mass is 10.2. The summed E-state index contributed by atoms with van der Waals surface area (Å²) in [6.45, 7) is 2.07. The molecule has 1 aliphatic rings. The van der Waals surface area contributed by atoms with Gasteiger partial charge in [0.05, 0.1) is 12.2 Å². The molecule has 2 aromatic rings. The third kappa shape index (κ3) is 3.48. The van der Waals surface area contributed by atoms with Crippen molar-refractivity contribution in [1.29, 1.82) is 0 Å². The van der Waals surface area contributed by atoms with Gasteiger partial charge in [-0.2, -0.15) is 4.98 Å². The molecule has 1 fully saturated rings. The van der Waals surface area contributed by atoms with E-state index in [-0.39, 0.29) is 18.1 Å². The van der Waals surface area contributed by atoms with Crippen LogP contribution >= 0.6 is 11.8 Å². The fourth-order valence-corrected chi connectivity index (χ4v) is 2.64. The van der Waals surface area contributed by atoms with Crippen molar-refractivity contribution in [2.24, 2.45) is 5.92 Å². The van der Waals surface area contributed by atoms with Gasteiger partial charge in [-0.1, -0.05) is 22.9 Å². The van der Waals surface area contributed by atoms with Crippen molar-refractivity contribution >= 4 is 17.5 Å². The van der Waals surface area contributed by atoms with Crippen LogP contribution in [0.25, 0.3) is 0 Å². The summed E-state index contributed by atoms with van der Waals surface area (Å²) in [5, 5.41) is 3.92. The summed E-state index contributed by atoms with van der Waals surface area (Å²) in [5.41, 5.74) is 1.25. The number of rotatable bonds is 6. The lowest BCUT2D eigenvalue weighted by Crippen LogP contribution is -2.04. The van der Waals surface area contributed by atoms with Crippen LogP contribution in [0.5, 0.6) is 0 Å². The van der Waals surface area contributed by atoms with E-state index in [0.29, 0.717) is 17.5 Å². The number of hydrogen-bond acceptors (Lipinski definition) is 5. The van der Waals surface area contributed by atoms with Gasteiger partial charge in [0.15, 0.2) is 5.82 Å². The molecule has 0 spiro atoms. The number of ketones is 1. The van der Waals surface area contributed by atoms with E-state index in [9.17, 15) is 4.79 Å². The average molecular weight is 288 g/mol. The van der Waals surface area contributed by atoms with Gasteiger partial charge < -0.3 is 4.52 Å². The Labute approximate surface area is 122 Å². The van der Waals surface area contributed by atoms with Gasteiger partial charge in [0.25, 0.3) is 0 Å². The second-order valence-corrected chi connectivity index (χ2v) is 6.17. The molecule has 5 heteroatoms. The summed E-state index contributed by atoms with van der Waals surface area (Å²) < 4.78 is 5.13. The highest BCUT2D eigenvalue weighted by molar-refractivity contribution is 7.98. The number of hydrogen-bond donors (Lipinski definition) is 0. The molecule has 0 radical (unpaired) electrons. The Morgan fingerprint density at radius 1 is 1.35 bits per heavy atom. The van der Waals surface area contributed by atoms with Crippen molar-refractivity contribution in [1.82, 2.24) is 10.1 Å². The molecule has 0 atom stereocenters. The van der Waals surface area contributed by atoms with Gasteiger partial charge in [-0.15, -0.1) is 11.8 Å². The van der Waals surface area contributed by atoms with E-state index in [2.05, 4.69) is 41.3 Å². The number of thioether (sulfide) groups is 1. The first-order valence-electron chi connectivity index (χ1n) is 6.74. The summed E-state index contributed by atoms with van der Waals surface area (Å²) in [6.07, 6.45) is 2.32. The number of carbonyl (C=O) groups is 1. The third-order valence-corrected chi connectivity index (χ3v) is 4.27. The predicted octanol–water partition coefficient (Wildman–Crippen LogP) is 3.19. The molecule has 1 aliphatic carbocycles. The van der Waals surface area contributed by atoms with Crippen molar-refractivity contribution < 1.29 is 9.32 Å². The van der Waals surface area contributed by atoms with E-state index >= 15 is 0 Å². The summed E-state index contributed by atoms with van der Waals surface area (Å²) in [6, 6.07) is 8.33. The van der Waals surface area contributed by atoms with E-state index in [0.717, 1.165) is 12.8 Å². The Morgan fingerprint density at radius 3 is 2.80 bits per heavy atom. The van der Waals surface area contributed by atoms with Gasteiger partial charge in [-0.05, 0) is 31.9 Å². The summed E-state index contributed by atoms with van der Waals surface area (Å²) in [4.78, 5) is 17.1. The highest BCUT2D eigenvalue weighted by Gasteiger charge is 2.30. The first-order valence-corrected chi connectivity index (χ1v) is 7.73. The highest BCUT2D eigenvalue weighted by atomic mass is 32.2. The monoisotopic (exact) mass is 288 g/mol. The molecule has 1 aromatic carbocycles. The zero-order valence-electron chi connectivity index (χ0n) is 11.3. The SMILES string of the molecule is Cc1ccc(SCc2noc(CC(=O)C3CC3)n2)cc1. The fourth-order valence-electron chi connectivity index (χ4n) is 1.90. The van der Waals surface area contributed by atoms with Gasteiger partial charge in [-0.25, -0.2) is 0 Å². The van der Waals surface area contributed by atoms with Gasteiger partial charge in [0.1, 0.15) is 5.78 Å². The maximum Gasteiger partial charge on any atom is 0.234 e. The number of aryl methyl sites for hydroxylation is 1. The molecule has 0 amide bonds. The standard InChI is InChI=1S/C15H16N2O2S/c1-10-2-6-12(7-3-10)20-9-14-16-15(19-17-14)8-13(18)11-4-5-11/h2-3,6-7,11H,4-5,8-9H2,1H3. The van der Waals surface area contributed by atoms with Crippen molar-refractivity contribution in [3.8, 4) is 0 Å². The largest absolute Gasteiger partial charge is 0.339 e. The van der Waals surface area contributed by atoms with Crippen molar-refractivity contribution in [2.45, 2.75) is 36.8 Å². The number of carbonyl (C=O) groups excluding carboxylic acids is 1. The van der Waals surface area contributed by atoms with Crippen LogP contribution in [0.2, 0.25) is 0 Å². The van der Waals surface area contributed by atoms with Gasteiger partial charge in [0.2, 0.25) is 5.89 Å². The molecule has 0 bridgehead atoms. The molecule has 1 heterocycles. The Morgan fingerprint density at radius 2 is 2.10 bits per heavy atom. The predicted molar refractivity (Wildman–Crippen MR) is 76.5 cm³/mol. The summed E-state index contributed by atoms with van der Waals surface area (Å²) in [5.74, 6) is 2.22. The lowest BCUT2D eigenvalue weighted by molar-refractivity contribution is -0.119. The Hall–Kier alpha value is -1.62. The molecule has 20 heavy (non-hydrogen) atoms.